The Morgan fingerprint density at radius 3 is 2.67 bits per heavy atom. The van der Waals surface area contributed by atoms with E-state index in [0.717, 1.165) is 5.95 Å². The van der Waals surface area contributed by atoms with E-state index in [4.69, 9.17) is 0 Å². The van der Waals surface area contributed by atoms with E-state index in [-0.39, 0.29) is 9.84 Å². The first-order chi connectivity index (χ1) is 7.11. The van der Waals surface area contributed by atoms with Crippen molar-refractivity contribution in [2.45, 2.75) is 13.6 Å². The molecule has 1 aliphatic heterocycles. The summed E-state index contributed by atoms with van der Waals surface area (Å²) in [6.07, 6.45) is 1.56. The first-order valence-corrected chi connectivity index (χ1v) is 6.07. The van der Waals surface area contributed by atoms with Crippen molar-refractivity contribution in [3.8, 4) is 0 Å². The zero-order valence-corrected chi connectivity index (χ0v) is 10.7. The fraction of sp³-hybridized carbons (Fsp3) is 0.667. The van der Waals surface area contributed by atoms with Gasteiger partial charge in [-0.05, 0) is 14.1 Å². The van der Waals surface area contributed by atoms with Crippen molar-refractivity contribution in [3.05, 3.63) is 6.33 Å². The average Bonchev–Trinajstić information content (AvgIpc) is 2.73. The summed E-state index contributed by atoms with van der Waals surface area (Å²) in [6.45, 7) is 5.26. The van der Waals surface area contributed by atoms with Crippen LogP contribution in [-0.2, 0) is 0 Å². The highest BCUT2D eigenvalue weighted by Gasteiger charge is 2.38. The average molecular weight is 221 g/mol. The minimum atomic E-state index is 0.0706. The molecule has 1 saturated heterocycles. The molecule has 9 heteroatoms. The Morgan fingerprint density at radius 1 is 1.33 bits per heavy atom. The number of H-pyrrole nitrogens is 1. The smallest absolute Gasteiger partial charge is 0.323 e. The Morgan fingerprint density at radius 2 is 2.07 bits per heavy atom. The third-order valence-corrected chi connectivity index (χ3v) is 4.84. The first-order valence-electron chi connectivity index (χ1n) is 5.04. The quantitative estimate of drug-likeness (QED) is 0.615. The molecule has 0 aliphatic carbocycles. The monoisotopic (exact) mass is 221 g/mol. The summed E-state index contributed by atoms with van der Waals surface area (Å²) in [6, 6.07) is 0. The Balaban J connectivity index is 2.20. The summed E-state index contributed by atoms with van der Waals surface area (Å²) in [4.78, 5) is 4.21. The van der Waals surface area contributed by atoms with E-state index in [0.29, 0.717) is 14.0 Å². The number of aromatic nitrogens is 3. The fourth-order valence-electron chi connectivity index (χ4n) is 1.74. The van der Waals surface area contributed by atoms with Crippen LogP contribution in [0.3, 0.4) is 0 Å². The second-order valence-corrected chi connectivity index (χ2v) is 5.53. The summed E-state index contributed by atoms with van der Waals surface area (Å²) < 4.78 is 6.94. The first kappa shape index (κ1) is 10.7. The predicted molar refractivity (Wildman–Crippen MR) is 64.8 cm³/mol. The van der Waals surface area contributed by atoms with Crippen LogP contribution in [0.25, 0.3) is 0 Å². The summed E-state index contributed by atoms with van der Waals surface area (Å²) in [7, 11) is 4.35. The predicted octanol–water partition coefficient (Wildman–Crippen LogP) is -1.01. The normalized spacial score (nSPS) is 20.1. The van der Waals surface area contributed by atoms with Crippen molar-refractivity contribution in [3.63, 3.8) is 0 Å². The van der Waals surface area contributed by atoms with Crippen molar-refractivity contribution < 1.29 is 0 Å². The van der Waals surface area contributed by atoms with Gasteiger partial charge in [0, 0.05) is 0 Å². The van der Waals surface area contributed by atoms with Gasteiger partial charge in [-0.25, -0.2) is 10.1 Å². The van der Waals surface area contributed by atoms with Gasteiger partial charge in [-0.1, -0.05) is 13.6 Å². The van der Waals surface area contributed by atoms with Gasteiger partial charge in [0.1, 0.15) is 6.33 Å². The van der Waals surface area contributed by atoms with E-state index in [1.54, 1.807) is 6.33 Å². The van der Waals surface area contributed by atoms with Crippen LogP contribution < -0.4 is 4.48 Å². The van der Waals surface area contributed by atoms with Gasteiger partial charge in [-0.15, -0.1) is 0 Å². The molecule has 15 heavy (non-hydrogen) atoms. The van der Waals surface area contributed by atoms with Crippen molar-refractivity contribution in [2.24, 2.45) is 0 Å². The van der Waals surface area contributed by atoms with E-state index in [9.17, 15) is 0 Å². The van der Waals surface area contributed by atoms with Crippen LogP contribution in [0.5, 0.6) is 0 Å². The van der Waals surface area contributed by atoms with Gasteiger partial charge in [-0.3, -0.25) is 0 Å². The molecule has 0 unspecified atom stereocenters. The van der Waals surface area contributed by atoms with Gasteiger partial charge in [0.25, 0.3) is 6.98 Å². The molecule has 6 nitrogen and oxygen atoms in total. The highest BCUT2D eigenvalue weighted by molar-refractivity contribution is 6.86. The van der Waals surface area contributed by atoms with Crippen LogP contribution in [0.4, 0.5) is 5.95 Å². The largest absolute Gasteiger partial charge is 0.389 e. The summed E-state index contributed by atoms with van der Waals surface area (Å²) in [5.74, 6) is 0.864. The second kappa shape index (κ2) is 3.99. The molecule has 0 aromatic carbocycles. The van der Waals surface area contributed by atoms with Crippen molar-refractivity contribution in [2.75, 3.05) is 18.6 Å². The molecule has 0 amide bonds. The number of rotatable bonds is 1. The molecule has 1 aromatic rings. The van der Waals surface area contributed by atoms with Crippen molar-refractivity contribution >= 4 is 29.8 Å². The maximum absolute atomic E-state index is 4.21. The molecule has 2 rings (SSSR count). The van der Waals surface area contributed by atoms with E-state index >= 15 is 0 Å². The van der Waals surface area contributed by atoms with Crippen molar-refractivity contribution in [1.29, 1.82) is 0 Å². The van der Waals surface area contributed by atoms with E-state index in [2.05, 4.69) is 56.6 Å². The Labute approximate surface area is 93.3 Å². The number of aromatic amines is 1. The lowest BCUT2D eigenvalue weighted by Crippen LogP contribution is -2.69. The maximum atomic E-state index is 4.21. The van der Waals surface area contributed by atoms with E-state index < -0.39 is 0 Å². The topological polar surface area (TPSA) is 51.3 Å². The van der Waals surface area contributed by atoms with Gasteiger partial charge < -0.3 is 13.7 Å². The van der Waals surface area contributed by atoms with Crippen LogP contribution in [0.2, 0.25) is 13.6 Å². The molecule has 0 spiro atoms. The molecular weight excluding hydrogens is 206 g/mol. The van der Waals surface area contributed by atoms with Crippen LogP contribution in [0, 0.1) is 0 Å². The molecule has 1 radical (unpaired) electrons. The summed E-state index contributed by atoms with van der Waals surface area (Å²) in [5, 5.41) is 6.82. The van der Waals surface area contributed by atoms with Gasteiger partial charge >= 0.3 is 6.98 Å². The fourth-order valence-corrected chi connectivity index (χ4v) is 3.17. The van der Waals surface area contributed by atoms with E-state index in [1.165, 1.54) is 0 Å². The van der Waals surface area contributed by atoms with Gasteiger partial charge in [0.2, 0.25) is 15.8 Å². The summed E-state index contributed by atoms with van der Waals surface area (Å²) in [5.41, 5.74) is 0. The number of nitrogens with zero attached hydrogens (tertiary/aromatic N) is 5. The standard InChI is InChI=1S/C6H15B2N6Si/c1-7-12(3)8(2)14(15-13(7)4)6-9-5-10-11-6/h5,15H,1-4H3,(H,9,10,11). The molecular formula is C6H15B2N6Si. The Hall–Kier alpha value is -0.793. The molecule has 1 aliphatic rings. The zero-order chi connectivity index (χ0) is 11.0. The SMILES string of the molecule is CB1N(C)[SiH]N(c2ncn[nH]2)B(C)N1C. The van der Waals surface area contributed by atoms with Crippen LogP contribution in [-0.4, -0.2) is 62.3 Å². The number of nitrogens with one attached hydrogen (secondary N) is 1. The second-order valence-electron chi connectivity index (χ2n) is 3.93. The molecule has 0 atom stereocenters. The highest BCUT2D eigenvalue weighted by atomic mass is 28.2. The van der Waals surface area contributed by atoms with Crippen LogP contribution >= 0.6 is 0 Å². The van der Waals surface area contributed by atoms with Gasteiger partial charge in [0.15, 0.2) is 0 Å². The minimum absolute atomic E-state index is 0.0706. The molecule has 1 aromatic heterocycles. The highest BCUT2D eigenvalue weighted by Crippen LogP contribution is 2.15. The maximum Gasteiger partial charge on any atom is 0.323 e. The van der Waals surface area contributed by atoms with Crippen molar-refractivity contribution in [1.82, 2.24) is 24.4 Å². The van der Waals surface area contributed by atoms with Gasteiger partial charge in [-0.2, -0.15) is 5.10 Å². The third-order valence-electron chi connectivity index (χ3n) is 3.12. The van der Waals surface area contributed by atoms with Crippen LogP contribution in [0.15, 0.2) is 6.33 Å². The summed E-state index contributed by atoms with van der Waals surface area (Å²) >= 11 is 0. The lowest BCUT2D eigenvalue weighted by Gasteiger charge is -2.45. The van der Waals surface area contributed by atoms with E-state index in [1.807, 2.05) is 0 Å². The Bertz CT molecular complexity index is 321. The zero-order valence-electron chi connectivity index (χ0n) is 9.55. The lowest BCUT2D eigenvalue weighted by atomic mass is 9.63. The molecule has 2 heterocycles. The van der Waals surface area contributed by atoms with Crippen LogP contribution in [0.1, 0.15) is 0 Å². The third kappa shape index (κ3) is 1.82. The molecule has 0 bridgehead atoms. The minimum Gasteiger partial charge on any atom is -0.389 e. The Kier molecular flexibility index (Phi) is 2.85. The number of anilines is 1. The molecule has 79 valence electrons. The molecule has 1 N–H and O–H groups in total. The molecule has 1 fully saturated rings. The van der Waals surface area contributed by atoms with Gasteiger partial charge in [0.05, 0.1) is 0 Å². The lowest BCUT2D eigenvalue weighted by molar-refractivity contribution is 0.658. The number of hydrogen-bond donors (Lipinski definition) is 1. The molecule has 0 saturated carbocycles. The number of hydrogen-bond acceptors (Lipinski definition) is 5.